The van der Waals surface area contributed by atoms with E-state index in [9.17, 15) is 15.0 Å². The molecule has 3 aromatic rings. The van der Waals surface area contributed by atoms with Crippen molar-refractivity contribution in [1.82, 2.24) is 5.32 Å². The van der Waals surface area contributed by atoms with Crippen LogP contribution in [0.15, 0.2) is 78.9 Å². The summed E-state index contributed by atoms with van der Waals surface area (Å²) < 4.78 is 5.69. The Bertz CT molecular complexity index is 908. The van der Waals surface area contributed by atoms with Crippen molar-refractivity contribution in [3.63, 3.8) is 0 Å². The van der Waals surface area contributed by atoms with Crippen LogP contribution in [0.5, 0.6) is 17.2 Å². The topological polar surface area (TPSA) is 78.8 Å². The predicted octanol–water partition coefficient (Wildman–Crippen LogP) is 4.47. The molecule has 0 aliphatic rings. The summed E-state index contributed by atoms with van der Waals surface area (Å²) >= 11 is 0. The molecule has 5 heteroatoms. The lowest BCUT2D eigenvalue weighted by atomic mass is 10.0. The van der Waals surface area contributed by atoms with Gasteiger partial charge in [0.2, 0.25) is 0 Å². The largest absolute Gasteiger partial charge is 0.508 e. The summed E-state index contributed by atoms with van der Waals surface area (Å²) in [6, 6.07) is 22.7. The summed E-state index contributed by atoms with van der Waals surface area (Å²) in [5.74, 6) is 1.43. The fraction of sp³-hybridized carbons (Fsp3) is 0.208. The molecule has 29 heavy (non-hydrogen) atoms. The number of carbonyl (C=O) groups is 1. The molecule has 3 rings (SSSR count). The molecule has 2 atom stereocenters. The van der Waals surface area contributed by atoms with Gasteiger partial charge >= 0.3 is 0 Å². The molecule has 5 nitrogen and oxygen atoms in total. The minimum atomic E-state index is -0.623. The molecule has 150 valence electrons. The van der Waals surface area contributed by atoms with Gasteiger partial charge in [0, 0.05) is 24.6 Å². The summed E-state index contributed by atoms with van der Waals surface area (Å²) in [6.45, 7) is 2.38. The summed E-state index contributed by atoms with van der Waals surface area (Å²) in [4.78, 5) is 12.4. The van der Waals surface area contributed by atoms with E-state index in [4.69, 9.17) is 4.74 Å². The van der Waals surface area contributed by atoms with Crippen molar-refractivity contribution in [3.05, 3.63) is 90.0 Å². The molecular weight excluding hydrogens is 366 g/mol. The van der Waals surface area contributed by atoms with E-state index in [1.165, 1.54) is 0 Å². The Balaban J connectivity index is 1.47. The van der Waals surface area contributed by atoms with Crippen molar-refractivity contribution < 1.29 is 19.7 Å². The average molecular weight is 391 g/mol. The van der Waals surface area contributed by atoms with Crippen LogP contribution in [0.4, 0.5) is 0 Å². The van der Waals surface area contributed by atoms with Crippen molar-refractivity contribution in [1.29, 1.82) is 0 Å². The maximum atomic E-state index is 12.4. The van der Waals surface area contributed by atoms with Crippen LogP contribution in [-0.4, -0.2) is 28.6 Å². The summed E-state index contributed by atoms with van der Waals surface area (Å²) in [5, 5.41) is 22.9. The van der Waals surface area contributed by atoms with E-state index in [2.05, 4.69) is 5.32 Å². The Morgan fingerprint density at radius 1 is 0.931 bits per heavy atom. The number of aliphatic hydroxyl groups excluding tert-OH is 1. The van der Waals surface area contributed by atoms with Crippen molar-refractivity contribution >= 4 is 5.78 Å². The second kappa shape index (κ2) is 9.87. The smallest absolute Gasteiger partial charge is 0.164 e. The number of ether oxygens (including phenoxy) is 1. The molecule has 3 N–H and O–H groups in total. The first-order valence-corrected chi connectivity index (χ1v) is 9.59. The predicted molar refractivity (Wildman–Crippen MR) is 112 cm³/mol. The van der Waals surface area contributed by atoms with E-state index in [1.54, 1.807) is 48.5 Å². The average Bonchev–Trinajstić information content (AvgIpc) is 2.75. The second-order valence-electron chi connectivity index (χ2n) is 6.89. The van der Waals surface area contributed by atoms with Crippen LogP contribution in [0.2, 0.25) is 0 Å². The monoisotopic (exact) mass is 391 g/mol. The molecule has 0 saturated heterocycles. The summed E-state index contributed by atoms with van der Waals surface area (Å²) in [7, 11) is 0. The van der Waals surface area contributed by atoms with Gasteiger partial charge in [0.25, 0.3) is 0 Å². The third-order valence-corrected chi connectivity index (χ3v) is 4.68. The van der Waals surface area contributed by atoms with Crippen LogP contribution in [-0.2, 0) is 0 Å². The molecule has 0 amide bonds. The van der Waals surface area contributed by atoms with Crippen LogP contribution in [0.25, 0.3) is 0 Å². The Morgan fingerprint density at radius 3 is 2.14 bits per heavy atom. The Kier molecular flexibility index (Phi) is 7.00. The van der Waals surface area contributed by atoms with E-state index in [1.807, 2.05) is 37.3 Å². The van der Waals surface area contributed by atoms with E-state index in [0.29, 0.717) is 30.0 Å². The zero-order valence-electron chi connectivity index (χ0n) is 16.3. The van der Waals surface area contributed by atoms with Gasteiger partial charge in [-0.1, -0.05) is 30.3 Å². The third kappa shape index (κ3) is 5.91. The van der Waals surface area contributed by atoms with Gasteiger partial charge in [-0.05, 0) is 61.0 Å². The fourth-order valence-corrected chi connectivity index (χ4v) is 2.97. The Labute approximate surface area is 170 Å². The molecule has 0 bridgehead atoms. The number of aliphatic hydroxyl groups is 1. The molecule has 0 fully saturated rings. The zero-order chi connectivity index (χ0) is 20.6. The lowest BCUT2D eigenvalue weighted by Gasteiger charge is -2.20. The SMILES string of the molecule is CC(NCCC(=O)c1ccc(Oc2ccc(O)cc2)cc1)C(O)c1ccccc1. The van der Waals surface area contributed by atoms with Crippen molar-refractivity contribution in [2.24, 2.45) is 0 Å². The van der Waals surface area contributed by atoms with Crippen LogP contribution in [0.3, 0.4) is 0 Å². The lowest BCUT2D eigenvalue weighted by molar-refractivity contribution is 0.0972. The number of hydrogen-bond donors (Lipinski definition) is 3. The van der Waals surface area contributed by atoms with Gasteiger partial charge in [-0.25, -0.2) is 0 Å². The molecule has 0 aliphatic carbocycles. The minimum Gasteiger partial charge on any atom is -0.508 e. The molecule has 0 aromatic heterocycles. The maximum absolute atomic E-state index is 12.4. The first-order chi connectivity index (χ1) is 14.0. The van der Waals surface area contributed by atoms with Crippen molar-refractivity contribution in [3.8, 4) is 17.2 Å². The first kappa shape index (κ1) is 20.6. The van der Waals surface area contributed by atoms with E-state index >= 15 is 0 Å². The van der Waals surface area contributed by atoms with Gasteiger partial charge < -0.3 is 20.3 Å². The highest BCUT2D eigenvalue weighted by molar-refractivity contribution is 5.96. The van der Waals surface area contributed by atoms with Crippen LogP contribution in [0.1, 0.15) is 35.4 Å². The lowest BCUT2D eigenvalue weighted by Crippen LogP contribution is -2.33. The third-order valence-electron chi connectivity index (χ3n) is 4.68. The quantitative estimate of drug-likeness (QED) is 0.469. The molecule has 2 unspecified atom stereocenters. The molecule has 0 saturated carbocycles. The number of rotatable bonds is 9. The number of benzene rings is 3. The number of nitrogens with one attached hydrogen (secondary N) is 1. The highest BCUT2D eigenvalue weighted by Crippen LogP contribution is 2.24. The van der Waals surface area contributed by atoms with Gasteiger partial charge in [-0.15, -0.1) is 0 Å². The fourth-order valence-electron chi connectivity index (χ4n) is 2.97. The van der Waals surface area contributed by atoms with Crippen LogP contribution < -0.4 is 10.1 Å². The highest BCUT2D eigenvalue weighted by atomic mass is 16.5. The maximum Gasteiger partial charge on any atom is 0.164 e. The number of hydrogen-bond acceptors (Lipinski definition) is 5. The summed E-state index contributed by atoms with van der Waals surface area (Å²) in [5.41, 5.74) is 1.46. The number of aromatic hydroxyl groups is 1. The summed E-state index contributed by atoms with van der Waals surface area (Å²) in [6.07, 6.45) is -0.285. The molecule has 0 spiro atoms. The molecule has 0 aliphatic heterocycles. The molecule has 3 aromatic carbocycles. The van der Waals surface area contributed by atoms with E-state index in [-0.39, 0.29) is 17.6 Å². The molecule has 0 heterocycles. The second-order valence-corrected chi connectivity index (χ2v) is 6.89. The number of Topliss-reactive ketones (excluding diaryl/α,β-unsaturated/α-hetero) is 1. The van der Waals surface area contributed by atoms with Gasteiger partial charge in [-0.3, -0.25) is 4.79 Å². The van der Waals surface area contributed by atoms with Crippen LogP contribution >= 0.6 is 0 Å². The minimum absolute atomic E-state index is 0.0232. The zero-order valence-corrected chi connectivity index (χ0v) is 16.3. The van der Waals surface area contributed by atoms with Crippen molar-refractivity contribution in [2.45, 2.75) is 25.5 Å². The molecular formula is C24H25NO4. The highest BCUT2D eigenvalue weighted by Gasteiger charge is 2.16. The van der Waals surface area contributed by atoms with Gasteiger partial charge in [0.05, 0.1) is 6.10 Å². The Hall–Kier alpha value is -3.15. The number of phenolic OH excluding ortho intramolecular Hbond substituents is 1. The van der Waals surface area contributed by atoms with Gasteiger partial charge in [0.1, 0.15) is 17.2 Å². The first-order valence-electron chi connectivity index (χ1n) is 9.59. The van der Waals surface area contributed by atoms with Crippen molar-refractivity contribution in [2.75, 3.05) is 6.54 Å². The van der Waals surface area contributed by atoms with Crippen LogP contribution in [0, 0.1) is 0 Å². The van der Waals surface area contributed by atoms with E-state index in [0.717, 1.165) is 5.56 Å². The van der Waals surface area contributed by atoms with E-state index < -0.39 is 6.10 Å². The number of ketones is 1. The van der Waals surface area contributed by atoms with Gasteiger partial charge in [0.15, 0.2) is 5.78 Å². The number of carbonyl (C=O) groups excluding carboxylic acids is 1. The number of phenols is 1. The standard InChI is InChI=1S/C24H25NO4/c1-17(24(28)19-5-3-2-4-6-19)25-16-15-23(27)18-7-11-21(12-8-18)29-22-13-9-20(26)10-14-22/h2-14,17,24-26,28H,15-16H2,1H3. The normalized spacial score (nSPS) is 12.9. The Morgan fingerprint density at radius 2 is 1.52 bits per heavy atom. The molecule has 0 radical (unpaired) electrons. The van der Waals surface area contributed by atoms with Gasteiger partial charge in [-0.2, -0.15) is 0 Å².